The predicted molar refractivity (Wildman–Crippen MR) is 80.8 cm³/mol. The number of nitro groups is 1. The first-order valence-electron chi connectivity index (χ1n) is 6.71. The minimum absolute atomic E-state index is 0.0803. The van der Waals surface area contributed by atoms with E-state index in [9.17, 15) is 19.3 Å². The number of nitrogens with one attached hydrogen (secondary N) is 1. The zero-order chi connectivity index (χ0) is 16.8. The Hall–Kier alpha value is -3.03. The van der Waals surface area contributed by atoms with Crippen LogP contribution in [0.1, 0.15) is 12.0 Å². The summed E-state index contributed by atoms with van der Waals surface area (Å²) in [5.41, 5.74) is 0.644. The number of anilines is 1. The fraction of sp³-hybridized carbons (Fsp3) is 0.200. The van der Waals surface area contributed by atoms with E-state index in [2.05, 4.69) is 10.3 Å². The van der Waals surface area contributed by atoms with Gasteiger partial charge < -0.3 is 10.1 Å². The van der Waals surface area contributed by atoms with Crippen LogP contribution in [0.5, 0.6) is 5.75 Å². The molecule has 0 aliphatic heterocycles. The molecule has 0 atom stereocenters. The second-order valence-corrected chi connectivity index (χ2v) is 4.70. The highest BCUT2D eigenvalue weighted by molar-refractivity contribution is 5.92. The van der Waals surface area contributed by atoms with Gasteiger partial charge in [0.05, 0.1) is 23.9 Å². The Bertz CT molecular complexity index is 736. The van der Waals surface area contributed by atoms with Gasteiger partial charge in [0.2, 0.25) is 5.91 Å². The largest absolute Gasteiger partial charge is 0.495 e. The average molecular weight is 319 g/mol. The number of ether oxygens (including phenoxy) is 1. The summed E-state index contributed by atoms with van der Waals surface area (Å²) in [5, 5.41) is 13.3. The van der Waals surface area contributed by atoms with Crippen LogP contribution >= 0.6 is 0 Å². The summed E-state index contributed by atoms with van der Waals surface area (Å²) in [6.45, 7) is 0. The third-order valence-electron chi connectivity index (χ3n) is 3.07. The number of amides is 1. The molecule has 0 aliphatic rings. The summed E-state index contributed by atoms with van der Waals surface area (Å²) in [6.07, 6.45) is 2.94. The van der Waals surface area contributed by atoms with Crippen molar-refractivity contribution in [3.8, 4) is 5.75 Å². The topological polar surface area (TPSA) is 94.4 Å². The molecule has 0 radical (unpaired) electrons. The van der Waals surface area contributed by atoms with E-state index in [0.717, 1.165) is 6.20 Å². The number of hydrogen-bond acceptors (Lipinski definition) is 5. The van der Waals surface area contributed by atoms with Gasteiger partial charge in [0.15, 0.2) is 0 Å². The molecule has 2 rings (SSSR count). The first-order chi connectivity index (χ1) is 11.0. The molecule has 0 saturated carbocycles. The van der Waals surface area contributed by atoms with Gasteiger partial charge >= 0.3 is 0 Å². The van der Waals surface area contributed by atoms with Gasteiger partial charge in [0.1, 0.15) is 11.6 Å². The fourth-order valence-electron chi connectivity index (χ4n) is 1.97. The lowest BCUT2D eigenvalue weighted by Gasteiger charge is -2.10. The molecular formula is C15H14FN3O4. The van der Waals surface area contributed by atoms with E-state index in [4.69, 9.17) is 4.74 Å². The summed E-state index contributed by atoms with van der Waals surface area (Å²) in [7, 11) is 1.40. The van der Waals surface area contributed by atoms with Crippen molar-refractivity contribution < 1.29 is 18.8 Å². The van der Waals surface area contributed by atoms with Gasteiger partial charge in [-0.15, -0.1) is 0 Å². The minimum Gasteiger partial charge on any atom is -0.495 e. The van der Waals surface area contributed by atoms with Crippen LogP contribution in [-0.4, -0.2) is 22.9 Å². The molecule has 120 valence electrons. The number of carbonyl (C=O) groups excluding carboxylic acids is 1. The van der Waals surface area contributed by atoms with Crippen molar-refractivity contribution in [3.05, 3.63) is 58.2 Å². The van der Waals surface area contributed by atoms with Gasteiger partial charge in [-0.3, -0.25) is 19.9 Å². The molecule has 2 aromatic rings. The molecule has 0 unspecified atom stereocenters. The molecule has 1 amide bonds. The molecule has 0 fully saturated rings. The number of aryl methyl sites for hydroxylation is 1. The average Bonchev–Trinajstić information content (AvgIpc) is 2.53. The standard InChI is InChI=1S/C15H14FN3O4/c1-23-14-4-3-12(19(21)22)7-13(14)18-15(20)5-2-10-6-11(16)9-17-8-10/h3-4,6-9H,2,5H2,1H3,(H,18,20). The van der Waals surface area contributed by atoms with Gasteiger partial charge in [0.25, 0.3) is 5.69 Å². The van der Waals surface area contributed by atoms with Gasteiger partial charge in [-0.25, -0.2) is 4.39 Å². The molecule has 1 aromatic heterocycles. The van der Waals surface area contributed by atoms with Crippen molar-refractivity contribution in [1.82, 2.24) is 4.98 Å². The van der Waals surface area contributed by atoms with Crippen LogP contribution in [0.4, 0.5) is 15.8 Å². The number of benzene rings is 1. The Labute approximate surface area is 131 Å². The van der Waals surface area contributed by atoms with Crippen LogP contribution in [0.25, 0.3) is 0 Å². The molecule has 1 N–H and O–H groups in total. The number of nitro benzene ring substituents is 1. The second-order valence-electron chi connectivity index (χ2n) is 4.70. The molecule has 7 nitrogen and oxygen atoms in total. The lowest BCUT2D eigenvalue weighted by molar-refractivity contribution is -0.384. The molecule has 23 heavy (non-hydrogen) atoms. The van der Waals surface area contributed by atoms with Crippen molar-refractivity contribution in [1.29, 1.82) is 0 Å². The van der Waals surface area contributed by atoms with Gasteiger partial charge in [0, 0.05) is 24.8 Å². The first kappa shape index (κ1) is 16.3. The van der Waals surface area contributed by atoms with E-state index in [1.165, 1.54) is 37.6 Å². The summed E-state index contributed by atoms with van der Waals surface area (Å²) in [6, 6.07) is 5.21. The summed E-state index contributed by atoms with van der Waals surface area (Å²) >= 11 is 0. The van der Waals surface area contributed by atoms with Crippen LogP contribution < -0.4 is 10.1 Å². The number of halogens is 1. The molecule has 0 aliphatic carbocycles. The summed E-state index contributed by atoms with van der Waals surface area (Å²) in [5.74, 6) is -0.521. The smallest absolute Gasteiger partial charge is 0.271 e. The highest BCUT2D eigenvalue weighted by atomic mass is 19.1. The molecule has 8 heteroatoms. The predicted octanol–water partition coefficient (Wildman–Crippen LogP) is 2.71. The van der Waals surface area contributed by atoms with Gasteiger partial charge in [-0.05, 0) is 24.1 Å². The zero-order valence-corrected chi connectivity index (χ0v) is 12.3. The molecule has 0 bridgehead atoms. The van der Waals surface area contributed by atoms with Gasteiger partial charge in [-0.1, -0.05) is 0 Å². The maximum Gasteiger partial charge on any atom is 0.271 e. The summed E-state index contributed by atoms with van der Waals surface area (Å²) < 4.78 is 18.1. The van der Waals surface area contributed by atoms with Crippen molar-refractivity contribution in [2.24, 2.45) is 0 Å². The van der Waals surface area contributed by atoms with Crippen LogP contribution in [0.2, 0.25) is 0 Å². The van der Waals surface area contributed by atoms with Crippen molar-refractivity contribution in [3.63, 3.8) is 0 Å². The quantitative estimate of drug-likeness (QED) is 0.652. The number of nitrogens with zero attached hydrogens (tertiary/aromatic N) is 2. The van der Waals surface area contributed by atoms with Crippen molar-refractivity contribution in [2.45, 2.75) is 12.8 Å². The summed E-state index contributed by atoms with van der Waals surface area (Å²) in [4.78, 5) is 25.9. The molecule has 1 heterocycles. The van der Waals surface area contributed by atoms with E-state index in [-0.39, 0.29) is 23.7 Å². The first-order valence-corrected chi connectivity index (χ1v) is 6.71. The van der Waals surface area contributed by atoms with Crippen molar-refractivity contribution in [2.75, 3.05) is 12.4 Å². The normalized spacial score (nSPS) is 10.2. The van der Waals surface area contributed by atoms with Crippen LogP contribution in [0.3, 0.4) is 0 Å². The van der Waals surface area contributed by atoms with E-state index >= 15 is 0 Å². The monoisotopic (exact) mass is 319 g/mol. The Balaban J connectivity index is 2.04. The SMILES string of the molecule is COc1ccc([N+](=O)[O-])cc1NC(=O)CCc1cncc(F)c1. The minimum atomic E-state index is -0.562. The van der Waals surface area contributed by atoms with Crippen LogP contribution in [0.15, 0.2) is 36.7 Å². The molecule has 0 spiro atoms. The Morgan fingerprint density at radius 2 is 2.17 bits per heavy atom. The van der Waals surface area contributed by atoms with E-state index < -0.39 is 10.7 Å². The van der Waals surface area contributed by atoms with Gasteiger partial charge in [-0.2, -0.15) is 0 Å². The molecule has 0 saturated heterocycles. The molecule has 1 aromatic carbocycles. The fourth-order valence-corrected chi connectivity index (χ4v) is 1.97. The lowest BCUT2D eigenvalue weighted by atomic mass is 10.1. The van der Waals surface area contributed by atoms with Crippen LogP contribution in [0, 0.1) is 15.9 Å². The number of hydrogen-bond donors (Lipinski definition) is 1. The number of rotatable bonds is 6. The number of pyridine rings is 1. The number of aromatic nitrogens is 1. The maximum atomic E-state index is 13.0. The Kier molecular flexibility index (Phi) is 5.19. The second kappa shape index (κ2) is 7.30. The van der Waals surface area contributed by atoms with E-state index in [1.807, 2.05) is 0 Å². The number of methoxy groups -OCH3 is 1. The van der Waals surface area contributed by atoms with Crippen LogP contribution in [-0.2, 0) is 11.2 Å². The third-order valence-corrected chi connectivity index (χ3v) is 3.07. The maximum absolute atomic E-state index is 13.0. The lowest BCUT2D eigenvalue weighted by Crippen LogP contribution is -2.13. The van der Waals surface area contributed by atoms with Crippen molar-refractivity contribution >= 4 is 17.3 Å². The highest BCUT2D eigenvalue weighted by Gasteiger charge is 2.13. The third kappa shape index (κ3) is 4.47. The number of non-ortho nitro benzene ring substituents is 1. The Morgan fingerprint density at radius 3 is 2.83 bits per heavy atom. The zero-order valence-electron chi connectivity index (χ0n) is 12.3. The Morgan fingerprint density at radius 1 is 1.39 bits per heavy atom. The molecular weight excluding hydrogens is 305 g/mol. The van der Waals surface area contributed by atoms with E-state index in [1.54, 1.807) is 0 Å². The highest BCUT2D eigenvalue weighted by Crippen LogP contribution is 2.29. The van der Waals surface area contributed by atoms with E-state index in [0.29, 0.717) is 17.7 Å². The number of carbonyl (C=O) groups is 1.